The summed E-state index contributed by atoms with van der Waals surface area (Å²) < 4.78 is 0. The molecule has 5 rings (SSSR count). The van der Waals surface area contributed by atoms with Crippen molar-refractivity contribution in [2.24, 2.45) is 10.1 Å². The van der Waals surface area contributed by atoms with Crippen LogP contribution in [0.25, 0.3) is 0 Å². The number of hydrazone groups is 1. The average Bonchev–Trinajstić information content (AvgIpc) is 3.30. The fraction of sp³-hybridized carbons (Fsp3) is 0.103. The number of halogens is 1. The lowest BCUT2D eigenvalue weighted by molar-refractivity contribution is 0.709. The van der Waals surface area contributed by atoms with Gasteiger partial charge in [-0.05, 0) is 60.0 Å². The standard InChI is InChI=1S/C29H24ClN3/c1-21-7-11-23(12-8-21)28-19-29(24-5-3-2-4-6-24)33(32-28)27-17-9-22(10-18-27)20-31-26-15-13-25(30)14-16-26/h2-18,20,29H,19H2,1H3. The SMILES string of the molecule is Cc1ccc(C2=NN(c3ccc(C=Nc4ccc(Cl)cc4)cc3)C(c3ccccc3)C2)cc1. The first-order valence-corrected chi connectivity index (χ1v) is 11.4. The Hall–Kier alpha value is -3.69. The summed E-state index contributed by atoms with van der Waals surface area (Å²) in [6.45, 7) is 2.11. The summed E-state index contributed by atoms with van der Waals surface area (Å²) in [4.78, 5) is 4.54. The van der Waals surface area contributed by atoms with Gasteiger partial charge in [0.05, 0.1) is 23.1 Å². The normalized spacial score (nSPS) is 15.8. The monoisotopic (exact) mass is 449 g/mol. The predicted molar refractivity (Wildman–Crippen MR) is 139 cm³/mol. The third-order valence-electron chi connectivity index (χ3n) is 5.83. The molecule has 3 nitrogen and oxygen atoms in total. The van der Waals surface area contributed by atoms with Crippen molar-refractivity contribution in [1.82, 2.24) is 0 Å². The fourth-order valence-corrected chi connectivity index (χ4v) is 4.12. The third-order valence-corrected chi connectivity index (χ3v) is 6.08. The van der Waals surface area contributed by atoms with Gasteiger partial charge in [-0.15, -0.1) is 0 Å². The molecule has 0 amide bonds. The Bertz CT molecular complexity index is 1280. The molecule has 0 aliphatic carbocycles. The van der Waals surface area contributed by atoms with Crippen molar-refractivity contribution in [3.63, 3.8) is 0 Å². The van der Waals surface area contributed by atoms with Crippen molar-refractivity contribution in [3.8, 4) is 0 Å². The molecule has 1 heterocycles. The third kappa shape index (κ3) is 4.89. The highest BCUT2D eigenvalue weighted by atomic mass is 35.5. The number of nitrogens with zero attached hydrogens (tertiary/aromatic N) is 3. The molecule has 33 heavy (non-hydrogen) atoms. The van der Waals surface area contributed by atoms with Crippen LogP contribution < -0.4 is 5.01 Å². The molecule has 0 saturated carbocycles. The number of benzene rings is 4. The van der Waals surface area contributed by atoms with Gasteiger partial charge in [0, 0.05) is 17.7 Å². The lowest BCUT2D eigenvalue weighted by Gasteiger charge is -2.24. The van der Waals surface area contributed by atoms with Crippen LogP contribution >= 0.6 is 11.6 Å². The van der Waals surface area contributed by atoms with Gasteiger partial charge in [0.1, 0.15) is 0 Å². The molecule has 1 atom stereocenters. The van der Waals surface area contributed by atoms with Crippen molar-refractivity contribution in [3.05, 3.63) is 130 Å². The molecule has 1 aliphatic rings. The van der Waals surface area contributed by atoms with Crippen LogP contribution in [0.4, 0.5) is 11.4 Å². The largest absolute Gasteiger partial charge is 0.257 e. The van der Waals surface area contributed by atoms with E-state index in [2.05, 4.69) is 95.8 Å². The predicted octanol–water partition coefficient (Wildman–Crippen LogP) is 7.75. The van der Waals surface area contributed by atoms with Gasteiger partial charge < -0.3 is 0 Å². The Kier molecular flexibility index (Phi) is 6.05. The maximum Gasteiger partial charge on any atom is 0.0831 e. The van der Waals surface area contributed by atoms with Crippen LogP contribution in [0.3, 0.4) is 0 Å². The van der Waals surface area contributed by atoms with Crippen LogP contribution in [0.5, 0.6) is 0 Å². The summed E-state index contributed by atoms with van der Waals surface area (Å²) in [5.41, 5.74) is 7.77. The number of aliphatic imine (C=N–C) groups is 1. The first-order valence-electron chi connectivity index (χ1n) is 11.0. The lowest BCUT2D eigenvalue weighted by Crippen LogP contribution is -2.18. The highest BCUT2D eigenvalue weighted by Crippen LogP contribution is 2.36. The zero-order chi connectivity index (χ0) is 22.6. The summed E-state index contributed by atoms with van der Waals surface area (Å²) in [5.74, 6) is 0. The van der Waals surface area contributed by atoms with E-state index in [0.717, 1.165) is 29.1 Å². The van der Waals surface area contributed by atoms with Crippen molar-refractivity contribution >= 4 is 34.9 Å². The second kappa shape index (κ2) is 9.43. The van der Waals surface area contributed by atoms with E-state index in [4.69, 9.17) is 16.7 Å². The first-order chi connectivity index (χ1) is 16.2. The molecular weight excluding hydrogens is 426 g/mol. The Morgan fingerprint density at radius 1 is 0.848 bits per heavy atom. The topological polar surface area (TPSA) is 28.0 Å². The number of hydrogen-bond donors (Lipinski definition) is 0. The maximum atomic E-state index is 5.95. The molecule has 4 aromatic carbocycles. The molecule has 0 aromatic heterocycles. The Morgan fingerprint density at radius 3 is 2.24 bits per heavy atom. The highest BCUT2D eigenvalue weighted by molar-refractivity contribution is 6.30. The van der Waals surface area contributed by atoms with Gasteiger partial charge in [-0.1, -0.05) is 83.9 Å². The molecule has 1 unspecified atom stereocenters. The van der Waals surface area contributed by atoms with Crippen LogP contribution in [0.15, 0.2) is 113 Å². The zero-order valence-corrected chi connectivity index (χ0v) is 19.2. The van der Waals surface area contributed by atoms with Crippen molar-refractivity contribution in [1.29, 1.82) is 0 Å². The second-order valence-corrected chi connectivity index (χ2v) is 8.65. The molecule has 0 bridgehead atoms. The number of aryl methyl sites for hydroxylation is 1. The lowest BCUT2D eigenvalue weighted by atomic mass is 9.98. The van der Waals surface area contributed by atoms with Gasteiger partial charge in [-0.25, -0.2) is 0 Å². The van der Waals surface area contributed by atoms with Crippen LogP contribution in [-0.2, 0) is 0 Å². The van der Waals surface area contributed by atoms with E-state index in [0.29, 0.717) is 5.02 Å². The van der Waals surface area contributed by atoms with Gasteiger partial charge in [0.2, 0.25) is 0 Å². The minimum atomic E-state index is 0.163. The molecule has 0 N–H and O–H groups in total. The van der Waals surface area contributed by atoms with Crippen LogP contribution in [0, 0.1) is 6.92 Å². The van der Waals surface area contributed by atoms with Crippen LogP contribution in [0.1, 0.15) is 34.7 Å². The highest BCUT2D eigenvalue weighted by Gasteiger charge is 2.29. The van der Waals surface area contributed by atoms with E-state index in [-0.39, 0.29) is 6.04 Å². The molecule has 0 saturated heterocycles. The summed E-state index contributed by atoms with van der Waals surface area (Å²) in [5, 5.41) is 7.91. The van der Waals surface area contributed by atoms with E-state index < -0.39 is 0 Å². The van der Waals surface area contributed by atoms with E-state index in [1.54, 1.807) is 0 Å². The molecule has 0 radical (unpaired) electrons. The van der Waals surface area contributed by atoms with Gasteiger partial charge in [0.25, 0.3) is 0 Å². The minimum Gasteiger partial charge on any atom is -0.257 e. The summed E-state index contributed by atoms with van der Waals surface area (Å²) in [6, 6.07) is 35.3. The zero-order valence-electron chi connectivity index (χ0n) is 18.4. The van der Waals surface area contributed by atoms with Crippen molar-refractivity contribution in [2.75, 3.05) is 5.01 Å². The first kappa shape index (κ1) is 21.2. The molecule has 162 valence electrons. The average molecular weight is 450 g/mol. The van der Waals surface area contributed by atoms with Crippen LogP contribution in [-0.4, -0.2) is 11.9 Å². The van der Waals surface area contributed by atoms with Gasteiger partial charge in [-0.2, -0.15) is 5.10 Å². The smallest absolute Gasteiger partial charge is 0.0831 e. The summed E-state index contributed by atoms with van der Waals surface area (Å²) >= 11 is 5.95. The molecular formula is C29H24ClN3. The van der Waals surface area contributed by atoms with Gasteiger partial charge in [0.15, 0.2) is 0 Å². The quantitative estimate of drug-likeness (QED) is 0.286. The second-order valence-electron chi connectivity index (χ2n) is 8.21. The maximum absolute atomic E-state index is 5.95. The van der Waals surface area contributed by atoms with E-state index in [1.165, 1.54) is 16.7 Å². The number of anilines is 1. The van der Waals surface area contributed by atoms with E-state index in [1.807, 2.05) is 30.5 Å². The molecule has 4 aromatic rings. The summed E-state index contributed by atoms with van der Waals surface area (Å²) in [7, 11) is 0. The summed E-state index contributed by atoms with van der Waals surface area (Å²) in [6.07, 6.45) is 2.74. The minimum absolute atomic E-state index is 0.163. The molecule has 1 aliphatic heterocycles. The van der Waals surface area contributed by atoms with Gasteiger partial charge in [-0.3, -0.25) is 10.0 Å². The van der Waals surface area contributed by atoms with Gasteiger partial charge >= 0.3 is 0 Å². The molecule has 0 fully saturated rings. The number of rotatable bonds is 5. The number of hydrogen-bond acceptors (Lipinski definition) is 3. The van der Waals surface area contributed by atoms with E-state index in [9.17, 15) is 0 Å². The fourth-order valence-electron chi connectivity index (χ4n) is 3.99. The molecule has 4 heteroatoms. The van der Waals surface area contributed by atoms with Crippen LogP contribution in [0.2, 0.25) is 5.02 Å². The van der Waals surface area contributed by atoms with E-state index >= 15 is 0 Å². The molecule has 0 spiro atoms. The van der Waals surface area contributed by atoms with Crippen molar-refractivity contribution < 1.29 is 0 Å². The Balaban J connectivity index is 1.42. The van der Waals surface area contributed by atoms with Crippen molar-refractivity contribution in [2.45, 2.75) is 19.4 Å². The Morgan fingerprint density at radius 2 is 1.55 bits per heavy atom. The Labute approximate surface area is 199 Å².